The van der Waals surface area contributed by atoms with E-state index in [1.807, 2.05) is 41.8 Å². The SMILES string of the molecule is Cc1cc(CSc2ncccc2C(=O)N2CCSCC2)no1. The smallest absolute Gasteiger partial charge is 0.256 e. The molecule has 0 atom stereocenters. The Morgan fingerprint density at radius 3 is 3.00 bits per heavy atom. The van der Waals surface area contributed by atoms with Crippen LogP contribution < -0.4 is 0 Å². The molecule has 5 nitrogen and oxygen atoms in total. The lowest BCUT2D eigenvalue weighted by Crippen LogP contribution is -2.38. The zero-order valence-electron chi connectivity index (χ0n) is 12.3. The number of carbonyl (C=O) groups is 1. The van der Waals surface area contributed by atoms with Gasteiger partial charge in [0.2, 0.25) is 0 Å². The van der Waals surface area contributed by atoms with Crippen LogP contribution in [-0.2, 0) is 5.75 Å². The molecule has 1 fully saturated rings. The summed E-state index contributed by atoms with van der Waals surface area (Å²) < 4.78 is 5.06. The molecule has 1 aliphatic rings. The molecule has 0 unspecified atom stereocenters. The van der Waals surface area contributed by atoms with E-state index in [4.69, 9.17) is 4.52 Å². The maximum absolute atomic E-state index is 12.7. The van der Waals surface area contributed by atoms with Crippen molar-refractivity contribution in [1.29, 1.82) is 0 Å². The second kappa shape index (κ2) is 7.19. The average molecular weight is 335 g/mol. The Hall–Kier alpha value is -1.47. The summed E-state index contributed by atoms with van der Waals surface area (Å²) in [5.74, 6) is 3.52. The average Bonchev–Trinajstić information content (AvgIpc) is 2.99. The van der Waals surface area contributed by atoms with E-state index in [0.717, 1.165) is 41.1 Å². The largest absolute Gasteiger partial charge is 0.361 e. The van der Waals surface area contributed by atoms with Crippen molar-refractivity contribution in [3.8, 4) is 0 Å². The van der Waals surface area contributed by atoms with Crippen molar-refractivity contribution in [3.63, 3.8) is 0 Å². The molecule has 7 heteroatoms. The summed E-state index contributed by atoms with van der Waals surface area (Å²) in [6.07, 6.45) is 1.72. The van der Waals surface area contributed by atoms with E-state index in [0.29, 0.717) is 11.3 Å². The Labute approximate surface area is 137 Å². The Morgan fingerprint density at radius 1 is 1.45 bits per heavy atom. The lowest BCUT2D eigenvalue weighted by atomic mass is 10.2. The molecule has 0 radical (unpaired) electrons. The van der Waals surface area contributed by atoms with E-state index in [1.165, 1.54) is 11.8 Å². The zero-order valence-corrected chi connectivity index (χ0v) is 14.0. The van der Waals surface area contributed by atoms with Crippen molar-refractivity contribution >= 4 is 29.4 Å². The van der Waals surface area contributed by atoms with Gasteiger partial charge in [-0.25, -0.2) is 4.98 Å². The highest BCUT2D eigenvalue weighted by molar-refractivity contribution is 7.99. The van der Waals surface area contributed by atoms with Gasteiger partial charge in [0.25, 0.3) is 5.91 Å². The van der Waals surface area contributed by atoms with Gasteiger partial charge in [-0.2, -0.15) is 11.8 Å². The highest BCUT2D eigenvalue weighted by Crippen LogP contribution is 2.25. The predicted molar refractivity (Wildman–Crippen MR) is 88.3 cm³/mol. The summed E-state index contributed by atoms with van der Waals surface area (Å²) in [6.45, 7) is 3.49. The topological polar surface area (TPSA) is 59.2 Å². The zero-order chi connectivity index (χ0) is 15.4. The summed E-state index contributed by atoms with van der Waals surface area (Å²) in [7, 11) is 0. The first-order chi connectivity index (χ1) is 10.7. The lowest BCUT2D eigenvalue weighted by Gasteiger charge is -2.26. The third kappa shape index (κ3) is 3.64. The molecular weight excluding hydrogens is 318 g/mol. The van der Waals surface area contributed by atoms with Crippen molar-refractivity contribution in [1.82, 2.24) is 15.0 Å². The van der Waals surface area contributed by atoms with Crippen LogP contribution in [0.4, 0.5) is 0 Å². The van der Waals surface area contributed by atoms with E-state index in [2.05, 4.69) is 10.1 Å². The molecule has 3 heterocycles. The molecule has 22 heavy (non-hydrogen) atoms. The van der Waals surface area contributed by atoms with Crippen molar-refractivity contribution < 1.29 is 9.32 Å². The minimum atomic E-state index is 0.0761. The van der Waals surface area contributed by atoms with Gasteiger partial charge in [0.05, 0.1) is 11.3 Å². The molecule has 2 aromatic rings. The molecule has 3 rings (SSSR count). The Morgan fingerprint density at radius 2 is 2.27 bits per heavy atom. The molecule has 0 N–H and O–H groups in total. The summed E-state index contributed by atoms with van der Waals surface area (Å²) in [4.78, 5) is 18.9. The molecule has 0 aliphatic carbocycles. The molecular formula is C15H17N3O2S2. The number of thioether (sulfide) groups is 2. The summed E-state index contributed by atoms with van der Waals surface area (Å²) in [5, 5.41) is 4.73. The summed E-state index contributed by atoms with van der Waals surface area (Å²) >= 11 is 3.41. The van der Waals surface area contributed by atoms with Gasteiger partial charge in [0, 0.05) is 42.6 Å². The van der Waals surface area contributed by atoms with Crippen molar-refractivity contribution in [2.24, 2.45) is 0 Å². The number of rotatable bonds is 4. The van der Waals surface area contributed by atoms with Crippen LogP contribution in [0, 0.1) is 6.92 Å². The van der Waals surface area contributed by atoms with E-state index < -0.39 is 0 Å². The van der Waals surface area contributed by atoms with Gasteiger partial charge >= 0.3 is 0 Å². The highest BCUT2D eigenvalue weighted by atomic mass is 32.2. The fourth-order valence-electron chi connectivity index (χ4n) is 2.23. The number of amides is 1. The molecule has 116 valence electrons. The van der Waals surface area contributed by atoms with Crippen LogP contribution in [0.3, 0.4) is 0 Å². The standard InChI is InChI=1S/C15H17N3O2S2/c1-11-9-12(17-20-11)10-22-14-13(3-2-4-16-14)15(19)18-5-7-21-8-6-18/h2-4,9H,5-8,10H2,1H3. The third-order valence-electron chi connectivity index (χ3n) is 3.33. The van der Waals surface area contributed by atoms with Gasteiger partial charge in [-0.15, -0.1) is 0 Å². The Bertz CT molecular complexity index is 654. The Kier molecular flexibility index (Phi) is 5.04. The van der Waals surface area contributed by atoms with Crippen LogP contribution in [0.25, 0.3) is 0 Å². The van der Waals surface area contributed by atoms with E-state index in [-0.39, 0.29) is 5.91 Å². The number of nitrogens with zero attached hydrogens (tertiary/aromatic N) is 3. The van der Waals surface area contributed by atoms with Gasteiger partial charge < -0.3 is 9.42 Å². The van der Waals surface area contributed by atoms with E-state index in [9.17, 15) is 4.79 Å². The fraction of sp³-hybridized carbons (Fsp3) is 0.400. The first-order valence-electron chi connectivity index (χ1n) is 7.11. The number of aryl methyl sites for hydroxylation is 1. The molecule has 1 aliphatic heterocycles. The third-order valence-corrected chi connectivity index (χ3v) is 5.31. The molecule has 0 spiro atoms. The van der Waals surface area contributed by atoms with Crippen molar-refractivity contribution in [2.45, 2.75) is 17.7 Å². The summed E-state index contributed by atoms with van der Waals surface area (Å²) in [6, 6.07) is 5.57. The van der Waals surface area contributed by atoms with Gasteiger partial charge in [-0.05, 0) is 19.1 Å². The van der Waals surface area contributed by atoms with Crippen LogP contribution in [0.5, 0.6) is 0 Å². The molecule has 1 amide bonds. The van der Waals surface area contributed by atoms with Gasteiger partial charge in [0.1, 0.15) is 10.8 Å². The van der Waals surface area contributed by atoms with Gasteiger partial charge in [-0.1, -0.05) is 16.9 Å². The molecule has 2 aromatic heterocycles. The van der Waals surface area contributed by atoms with E-state index >= 15 is 0 Å². The molecule has 0 saturated carbocycles. The normalized spacial score (nSPS) is 15.0. The lowest BCUT2D eigenvalue weighted by molar-refractivity contribution is 0.0768. The quantitative estimate of drug-likeness (QED) is 0.801. The minimum absolute atomic E-state index is 0.0761. The monoisotopic (exact) mass is 335 g/mol. The van der Waals surface area contributed by atoms with Crippen LogP contribution in [0.2, 0.25) is 0 Å². The molecule has 1 saturated heterocycles. The number of hydrogen-bond acceptors (Lipinski definition) is 6. The number of aromatic nitrogens is 2. The second-order valence-corrected chi connectivity index (χ2v) is 7.17. The van der Waals surface area contributed by atoms with Gasteiger partial charge in [0.15, 0.2) is 0 Å². The maximum Gasteiger partial charge on any atom is 0.256 e. The molecule has 0 aromatic carbocycles. The second-order valence-electron chi connectivity index (χ2n) is 4.98. The predicted octanol–water partition coefficient (Wildman–Crippen LogP) is 2.86. The fourth-order valence-corrected chi connectivity index (χ4v) is 4.00. The molecule has 0 bridgehead atoms. The van der Waals surface area contributed by atoms with Crippen molar-refractivity contribution in [3.05, 3.63) is 41.4 Å². The van der Waals surface area contributed by atoms with Gasteiger partial charge in [-0.3, -0.25) is 4.79 Å². The number of carbonyl (C=O) groups excluding carboxylic acids is 1. The van der Waals surface area contributed by atoms with Crippen LogP contribution in [0.15, 0.2) is 33.9 Å². The number of pyridine rings is 1. The van der Waals surface area contributed by atoms with Crippen molar-refractivity contribution in [2.75, 3.05) is 24.6 Å². The first-order valence-corrected chi connectivity index (χ1v) is 9.25. The van der Waals surface area contributed by atoms with Crippen LogP contribution in [0.1, 0.15) is 21.8 Å². The Balaban J connectivity index is 1.72. The number of hydrogen-bond donors (Lipinski definition) is 0. The van der Waals surface area contributed by atoms with Crippen LogP contribution in [-0.4, -0.2) is 45.5 Å². The summed E-state index contributed by atoms with van der Waals surface area (Å²) in [5.41, 5.74) is 1.54. The minimum Gasteiger partial charge on any atom is -0.361 e. The maximum atomic E-state index is 12.7. The first kappa shape index (κ1) is 15.4. The highest BCUT2D eigenvalue weighted by Gasteiger charge is 2.21. The van der Waals surface area contributed by atoms with E-state index in [1.54, 1.807) is 6.20 Å². The van der Waals surface area contributed by atoms with Crippen LogP contribution >= 0.6 is 23.5 Å².